The predicted octanol–water partition coefficient (Wildman–Crippen LogP) is 6.70. The molecule has 2 aliphatic rings. The van der Waals surface area contributed by atoms with Crippen LogP contribution in [0.2, 0.25) is 0 Å². The van der Waals surface area contributed by atoms with Gasteiger partial charge in [-0.2, -0.15) is 0 Å². The monoisotopic (exact) mass is 453 g/mol. The van der Waals surface area contributed by atoms with Gasteiger partial charge in [-0.1, -0.05) is 76.9 Å². The van der Waals surface area contributed by atoms with E-state index in [0.717, 1.165) is 5.56 Å². The molecule has 3 atom stereocenters. The van der Waals surface area contributed by atoms with Gasteiger partial charge < -0.3 is 9.64 Å². The molecular formula is C24H33Cl2NO3. The molecule has 1 heterocycles. The van der Waals surface area contributed by atoms with E-state index in [1.165, 1.54) is 21.6 Å². The van der Waals surface area contributed by atoms with Crippen LogP contribution in [0.5, 0.6) is 0 Å². The molecular weight excluding hydrogens is 421 g/mol. The van der Waals surface area contributed by atoms with E-state index < -0.39 is 22.6 Å². The van der Waals surface area contributed by atoms with Crippen LogP contribution in [0.25, 0.3) is 0 Å². The van der Waals surface area contributed by atoms with Crippen molar-refractivity contribution in [3.8, 4) is 0 Å². The minimum absolute atomic E-state index is 0.187. The first-order valence-electron chi connectivity index (χ1n) is 10.9. The molecule has 1 amide bonds. The van der Waals surface area contributed by atoms with Gasteiger partial charge in [0.15, 0.2) is 10.1 Å². The van der Waals surface area contributed by atoms with Crippen molar-refractivity contribution >= 4 is 35.1 Å². The number of nitrogens with zero attached hydrogens (tertiary/aromatic N) is 1. The van der Waals surface area contributed by atoms with E-state index in [1.54, 1.807) is 0 Å². The summed E-state index contributed by atoms with van der Waals surface area (Å²) in [4.78, 5) is 26.6. The maximum absolute atomic E-state index is 13.0. The quantitative estimate of drug-likeness (QED) is 0.465. The maximum atomic E-state index is 13.0. The molecule has 0 N–H and O–H groups in total. The van der Waals surface area contributed by atoms with Crippen LogP contribution in [0.15, 0.2) is 12.1 Å². The molecule has 6 heteroatoms. The number of benzene rings is 1. The number of hydrogen-bond acceptors (Lipinski definition) is 3. The number of ketones is 1. The summed E-state index contributed by atoms with van der Waals surface area (Å²) >= 11 is 12.4. The van der Waals surface area contributed by atoms with Gasteiger partial charge in [0.1, 0.15) is 6.10 Å². The Hall–Kier alpha value is -1.26. The molecule has 0 radical (unpaired) electrons. The van der Waals surface area contributed by atoms with Crippen LogP contribution in [0.1, 0.15) is 101 Å². The summed E-state index contributed by atoms with van der Waals surface area (Å²) in [5, 5.41) is 0. The molecule has 2 fully saturated rings. The smallest absolute Gasteiger partial charge is 0.410 e. The van der Waals surface area contributed by atoms with Gasteiger partial charge in [0.05, 0.1) is 6.04 Å². The molecule has 3 rings (SSSR count). The lowest BCUT2D eigenvalue weighted by molar-refractivity contribution is -0.133. The Morgan fingerprint density at radius 1 is 1.03 bits per heavy atom. The van der Waals surface area contributed by atoms with Crippen LogP contribution in [-0.4, -0.2) is 33.7 Å². The molecule has 0 aromatic heterocycles. The van der Waals surface area contributed by atoms with Gasteiger partial charge >= 0.3 is 6.09 Å². The van der Waals surface area contributed by atoms with Crippen LogP contribution in [0.4, 0.5) is 4.79 Å². The topological polar surface area (TPSA) is 46.6 Å². The highest BCUT2D eigenvalue weighted by atomic mass is 35.5. The average molecular weight is 454 g/mol. The summed E-state index contributed by atoms with van der Waals surface area (Å²) in [5.41, 5.74) is 4.81. The first-order valence-corrected chi connectivity index (χ1v) is 11.7. The largest absolute Gasteiger partial charge is 0.441 e. The lowest BCUT2D eigenvalue weighted by Crippen LogP contribution is -2.64. The number of carbonyl (C=O) groups excluding carboxylic acids is 2. The first kappa shape index (κ1) is 23.4. The van der Waals surface area contributed by atoms with Gasteiger partial charge in [-0.25, -0.2) is 4.79 Å². The second kappa shape index (κ2) is 8.35. The zero-order valence-corrected chi connectivity index (χ0v) is 20.5. The summed E-state index contributed by atoms with van der Waals surface area (Å²) in [7, 11) is 0. The number of rotatable bonds is 5. The van der Waals surface area contributed by atoms with Gasteiger partial charge in [-0.15, -0.1) is 0 Å². The Kier molecular flexibility index (Phi) is 6.51. The number of carbonyl (C=O) groups is 2. The van der Waals surface area contributed by atoms with Crippen molar-refractivity contribution in [2.45, 2.75) is 89.1 Å². The van der Waals surface area contributed by atoms with Gasteiger partial charge in [0.2, 0.25) is 0 Å². The van der Waals surface area contributed by atoms with Crippen molar-refractivity contribution in [1.82, 2.24) is 4.90 Å². The van der Waals surface area contributed by atoms with Crippen LogP contribution >= 0.6 is 23.2 Å². The fraction of sp³-hybridized carbons (Fsp3) is 0.667. The Morgan fingerprint density at radius 2 is 1.57 bits per heavy atom. The average Bonchev–Trinajstić information content (AvgIpc) is 3.09. The fourth-order valence-corrected chi connectivity index (χ4v) is 5.60. The molecule has 0 unspecified atom stereocenters. The number of halogens is 2. The predicted molar refractivity (Wildman–Crippen MR) is 122 cm³/mol. The molecule has 4 nitrogen and oxygen atoms in total. The molecule has 0 bridgehead atoms. The van der Waals surface area contributed by atoms with Gasteiger partial charge in [-0.3, -0.25) is 4.79 Å². The summed E-state index contributed by atoms with van der Waals surface area (Å²) in [6.45, 7) is 15.4. The second-order valence-corrected chi connectivity index (χ2v) is 11.0. The first-order chi connectivity index (χ1) is 13.9. The minimum atomic E-state index is -1.52. The SMILES string of the molecule is CC(C)c1cc(C(C)C)c([C@@H](C)OC(=O)N2CC[C@@H]3C(=O)C(Cl)(Cl)[C@@H]32)c(C(C)C)c1. The molecule has 166 valence electrons. The molecule has 1 aromatic carbocycles. The molecule has 1 aliphatic heterocycles. The van der Waals surface area contributed by atoms with Gasteiger partial charge in [0, 0.05) is 12.5 Å². The van der Waals surface area contributed by atoms with Gasteiger partial charge in [0.25, 0.3) is 0 Å². The molecule has 1 aromatic rings. The molecule has 1 saturated carbocycles. The number of amides is 1. The van der Waals surface area contributed by atoms with Crippen molar-refractivity contribution in [2.24, 2.45) is 5.92 Å². The summed E-state index contributed by atoms with van der Waals surface area (Å²) < 4.78 is 4.42. The molecule has 1 saturated heterocycles. The van der Waals surface area contributed by atoms with E-state index in [1.807, 2.05) is 6.92 Å². The molecule has 1 aliphatic carbocycles. The van der Waals surface area contributed by atoms with Crippen LogP contribution in [0, 0.1) is 5.92 Å². The number of alkyl halides is 2. The minimum Gasteiger partial charge on any atom is -0.441 e. The number of hydrogen-bond donors (Lipinski definition) is 0. The van der Waals surface area contributed by atoms with E-state index in [-0.39, 0.29) is 11.7 Å². The molecule has 0 spiro atoms. The van der Waals surface area contributed by atoms with Crippen molar-refractivity contribution < 1.29 is 14.3 Å². The Bertz CT molecular complexity index is 818. The van der Waals surface area contributed by atoms with Crippen molar-refractivity contribution in [1.29, 1.82) is 0 Å². The third-order valence-corrected chi connectivity index (χ3v) is 7.35. The van der Waals surface area contributed by atoms with Crippen LogP contribution < -0.4 is 0 Å². The Labute approximate surface area is 190 Å². The molecule has 30 heavy (non-hydrogen) atoms. The van der Waals surface area contributed by atoms with Crippen LogP contribution in [0.3, 0.4) is 0 Å². The van der Waals surface area contributed by atoms with Crippen LogP contribution in [-0.2, 0) is 9.53 Å². The highest BCUT2D eigenvalue weighted by Crippen LogP contribution is 2.51. The standard InChI is InChI=1S/C24H33Cl2NO3/c1-12(2)16-10-18(13(3)4)20(19(11-16)14(5)6)15(7)30-23(29)27-9-8-17-21(27)24(25,26)22(17)28/h10-15,17,21H,8-9H2,1-7H3/t15-,17+,21-/m1/s1. The number of fused-ring (bicyclic) bond motifs is 1. The summed E-state index contributed by atoms with van der Waals surface area (Å²) in [6, 6.07) is 4.00. The highest BCUT2D eigenvalue weighted by molar-refractivity contribution is 6.61. The van der Waals surface area contributed by atoms with Crippen molar-refractivity contribution in [3.63, 3.8) is 0 Å². The van der Waals surface area contributed by atoms with Crippen molar-refractivity contribution in [2.75, 3.05) is 6.54 Å². The number of likely N-dealkylation sites (tertiary alicyclic amines) is 1. The van der Waals surface area contributed by atoms with E-state index in [9.17, 15) is 9.59 Å². The maximum Gasteiger partial charge on any atom is 0.410 e. The highest BCUT2D eigenvalue weighted by Gasteiger charge is 2.66. The van der Waals surface area contributed by atoms with Crippen molar-refractivity contribution in [3.05, 3.63) is 34.4 Å². The normalized spacial score (nSPS) is 23.7. The second-order valence-electron chi connectivity index (χ2n) is 9.62. The third-order valence-electron chi connectivity index (χ3n) is 6.53. The number of Topliss-reactive ketones (excluding diaryl/α,β-unsaturated/α-hetero) is 1. The van der Waals surface area contributed by atoms with Gasteiger partial charge in [-0.05, 0) is 53.4 Å². The van der Waals surface area contributed by atoms with E-state index in [0.29, 0.717) is 30.7 Å². The summed E-state index contributed by atoms with van der Waals surface area (Å²) in [6.07, 6.45) is -0.278. The Balaban J connectivity index is 1.90. The lowest BCUT2D eigenvalue weighted by atomic mass is 9.77. The fourth-order valence-electron chi connectivity index (χ4n) is 4.78. The zero-order valence-electron chi connectivity index (χ0n) is 19.0. The lowest BCUT2D eigenvalue weighted by Gasteiger charge is -2.44. The summed E-state index contributed by atoms with van der Waals surface area (Å²) in [5.74, 6) is 0.565. The zero-order chi connectivity index (χ0) is 22.5. The van der Waals surface area contributed by atoms with E-state index in [4.69, 9.17) is 27.9 Å². The van der Waals surface area contributed by atoms with E-state index in [2.05, 4.69) is 53.7 Å². The van der Waals surface area contributed by atoms with E-state index >= 15 is 0 Å². The number of ether oxygens (including phenoxy) is 1. The third kappa shape index (κ3) is 3.86. The Morgan fingerprint density at radius 3 is 2.03 bits per heavy atom.